The number of aromatic nitrogens is 2. The predicted octanol–water partition coefficient (Wildman–Crippen LogP) is 3.92. The molecule has 0 fully saturated rings. The molecule has 3 aromatic rings. The average molecular weight is 288 g/mol. The molecule has 0 radical (unpaired) electrons. The van der Waals surface area contributed by atoms with E-state index in [-0.39, 0.29) is 11.8 Å². The Kier molecular flexibility index (Phi) is 3.11. The van der Waals surface area contributed by atoms with Gasteiger partial charge in [-0.3, -0.25) is 4.79 Å². The molecule has 0 N–H and O–H groups in total. The third kappa shape index (κ3) is 2.15. The van der Waals surface area contributed by atoms with E-state index in [2.05, 4.69) is 4.98 Å². The van der Waals surface area contributed by atoms with Crippen LogP contribution in [0.25, 0.3) is 11.3 Å². The van der Waals surface area contributed by atoms with Crippen LogP contribution in [0.4, 0.5) is 0 Å². The molecule has 1 heterocycles. The van der Waals surface area contributed by atoms with Crippen LogP contribution in [0.5, 0.6) is 0 Å². The van der Waals surface area contributed by atoms with Crippen LogP contribution in [-0.2, 0) is 6.42 Å². The monoisotopic (exact) mass is 288 g/mol. The summed E-state index contributed by atoms with van der Waals surface area (Å²) in [6.45, 7) is 0. The molecular weight excluding hydrogens is 272 g/mol. The highest BCUT2D eigenvalue weighted by Crippen LogP contribution is 2.30. The van der Waals surface area contributed by atoms with Crippen LogP contribution in [0.3, 0.4) is 0 Å². The first-order valence-electron chi connectivity index (χ1n) is 7.54. The summed E-state index contributed by atoms with van der Waals surface area (Å²) in [5.41, 5.74) is 4.00. The summed E-state index contributed by atoms with van der Waals surface area (Å²) in [6, 6.07) is 17.8. The molecule has 0 bridgehead atoms. The smallest absolute Gasteiger partial charge is 0.185 e. The molecule has 4 rings (SSSR count). The fraction of sp³-hybridized carbons (Fsp3) is 0.158. The molecule has 0 saturated carbocycles. The minimum absolute atomic E-state index is 0.139. The Bertz CT molecular complexity index is 820. The third-order valence-electron chi connectivity index (χ3n) is 4.30. The number of nitrogens with zero attached hydrogens (tertiary/aromatic N) is 2. The van der Waals surface area contributed by atoms with Crippen molar-refractivity contribution in [2.45, 2.75) is 18.9 Å². The fourth-order valence-electron chi connectivity index (χ4n) is 3.13. The summed E-state index contributed by atoms with van der Waals surface area (Å²) in [5, 5.41) is 0. The van der Waals surface area contributed by atoms with E-state index in [0.29, 0.717) is 0 Å². The van der Waals surface area contributed by atoms with E-state index in [9.17, 15) is 4.79 Å². The van der Waals surface area contributed by atoms with Crippen molar-refractivity contribution in [3.05, 3.63) is 78.2 Å². The predicted molar refractivity (Wildman–Crippen MR) is 85.8 cm³/mol. The van der Waals surface area contributed by atoms with Crippen molar-refractivity contribution in [1.29, 1.82) is 0 Å². The van der Waals surface area contributed by atoms with E-state index in [1.54, 1.807) is 6.33 Å². The molecule has 1 atom stereocenters. The van der Waals surface area contributed by atoms with E-state index < -0.39 is 0 Å². The van der Waals surface area contributed by atoms with Crippen LogP contribution in [0.15, 0.2) is 67.1 Å². The number of ketones is 1. The number of benzene rings is 2. The van der Waals surface area contributed by atoms with Crippen molar-refractivity contribution in [2.75, 3.05) is 0 Å². The molecule has 3 heteroatoms. The lowest BCUT2D eigenvalue weighted by atomic mass is 9.87. The van der Waals surface area contributed by atoms with Gasteiger partial charge in [0.05, 0.1) is 18.1 Å². The van der Waals surface area contributed by atoms with Gasteiger partial charge in [0.1, 0.15) is 0 Å². The number of imidazole rings is 1. The fourth-order valence-corrected chi connectivity index (χ4v) is 3.13. The highest BCUT2D eigenvalue weighted by Gasteiger charge is 2.28. The topological polar surface area (TPSA) is 34.9 Å². The van der Waals surface area contributed by atoms with Gasteiger partial charge in [0, 0.05) is 17.3 Å². The molecule has 0 saturated heterocycles. The molecule has 0 aliphatic heterocycles. The zero-order valence-corrected chi connectivity index (χ0v) is 12.1. The minimum atomic E-state index is -0.139. The largest absolute Gasteiger partial charge is 0.326 e. The van der Waals surface area contributed by atoms with Gasteiger partial charge in [-0.15, -0.1) is 0 Å². The SMILES string of the molecule is O=C1c2ccccc2CCC1n1cnc(-c2ccccc2)c1. The molecule has 0 spiro atoms. The molecule has 1 aliphatic carbocycles. The Balaban J connectivity index is 1.67. The van der Waals surface area contributed by atoms with E-state index >= 15 is 0 Å². The Labute approximate surface area is 129 Å². The Hall–Kier alpha value is -2.68. The lowest BCUT2D eigenvalue weighted by Gasteiger charge is -2.24. The van der Waals surface area contributed by atoms with Crippen LogP contribution in [0.2, 0.25) is 0 Å². The second-order valence-corrected chi connectivity index (χ2v) is 5.65. The highest BCUT2D eigenvalue weighted by molar-refractivity contribution is 6.01. The van der Waals surface area contributed by atoms with E-state index in [1.807, 2.05) is 65.4 Å². The number of Topliss-reactive ketones (excluding diaryl/α,β-unsaturated/α-hetero) is 1. The van der Waals surface area contributed by atoms with Gasteiger partial charge in [0.15, 0.2) is 5.78 Å². The summed E-state index contributed by atoms with van der Waals surface area (Å²) in [5.74, 6) is 0.193. The maximum Gasteiger partial charge on any atom is 0.185 e. The molecule has 1 unspecified atom stereocenters. The van der Waals surface area contributed by atoms with Gasteiger partial charge in [-0.2, -0.15) is 0 Å². The highest BCUT2D eigenvalue weighted by atomic mass is 16.1. The van der Waals surface area contributed by atoms with Crippen molar-refractivity contribution in [3.63, 3.8) is 0 Å². The van der Waals surface area contributed by atoms with Crippen LogP contribution in [0, 0.1) is 0 Å². The van der Waals surface area contributed by atoms with Crippen molar-refractivity contribution in [2.24, 2.45) is 0 Å². The van der Waals surface area contributed by atoms with Crippen molar-refractivity contribution in [1.82, 2.24) is 9.55 Å². The standard InChI is InChI=1S/C19H16N2O/c22-19-16-9-5-4-6-14(16)10-11-18(19)21-12-17(20-13-21)15-7-2-1-3-8-15/h1-9,12-13,18H,10-11H2. The Morgan fingerprint density at radius 2 is 1.77 bits per heavy atom. The van der Waals surface area contributed by atoms with Gasteiger partial charge < -0.3 is 4.57 Å². The lowest BCUT2D eigenvalue weighted by molar-refractivity contribution is 0.0908. The number of carbonyl (C=O) groups is 1. The van der Waals surface area contributed by atoms with Crippen LogP contribution >= 0.6 is 0 Å². The first-order valence-corrected chi connectivity index (χ1v) is 7.54. The van der Waals surface area contributed by atoms with Crippen LogP contribution in [0.1, 0.15) is 28.4 Å². The van der Waals surface area contributed by atoms with Gasteiger partial charge in [-0.05, 0) is 18.4 Å². The molecule has 2 aromatic carbocycles. The summed E-state index contributed by atoms with van der Waals surface area (Å²) >= 11 is 0. The third-order valence-corrected chi connectivity index (χ3v) is 4.30. The van der Waals surface area contributed by atoms with Gasteiger partial charge in [0.25, 0.3) is 0 Å². The maximum absolute atomic E-state index is 12.7. The Morgan fingerprint density at radius 3 is 2.64 bits per heavy atom. The van der Waals surface area contributed by atoms with Crippen molar-refractivity contribution < 1.29 is 4.79 Å². The van der Waals surface area contributed by atoms with Gasteiger partial charge in [0.2, 0.25) is 0 Å². The second-order valence-electron chi connectivity index (χ2n) is 5.65. The van der Waals surface area contributed by atoms with E-state index in [0.717, 1.165) is 35.2 Å². The maximum atomic E-state index is 12.7. The number of carbonyl (C=O) groups excluding carboxylic acids is 1. The van der Waals surface area contributed by atoms with Crippen molar-refractivity contribution >= 4 is 5.78 Å². The molecule has 1 aromatic heterocycles. The zero-order valence-electron chi connectivity index (χ0n) is 12.1. The molecule has 1 aliphatic rings. The quantitative estimate of drug-likeness (QED) is 0.716. The van der Waals surface area contributed by atoms with Gasteiger partial charge in [-0.25, -0.2) is 4.98 Å². The summed E-state index contributed by atoms with van der Waals surface area (Å²) in [4.78, 5) is 17.2. The number of hydrogen-bond donors (Lipinski definition) is 0. The second kappa shape index (κ2) is 5.26. The first kappa shape index (κ1) is 13.0. The van der Waals surface area contributed by atoms with Crippen LogP contribution < -0.4 is 0 Å². The first-order chi connectivity index (χ1) is 10.8. The number of hydrogen-bond acceptors (Lipinski definition) is 2. The number of aryl methyl sites for hydroxylation is 1. The van der Waals surface area contributed by atoms with Crippen molar-refractivity contribution in [3.8, 4) is 11.3 Å². The number of fused-ring (bicyclic) bond motifs is 1. The van der Waals surface area contributed by atoms with Gasteiger partial charge in [-0.1, -0.05) is 54.6 Å². The molecular formula is C19H16N2O. The molecule has 22 heavy (non-hydrogen) atoms. The molecule has 108 valence electrons. The van der Waals surface area contributed by atoms with E-state index in [1.165, 1.54) is 0 Å². The zero-order chi connectivity index (χ0) is 14.9. The number of rotatable bonds is 2. The summed E-state index contributed by atoms with van der Waals surface area (Å²) < 4.78 is 1.96. The van der Waals surface area contributed by atoms with E-state index in [4.69, 9.17) is 0 Å². The molecule has 0 amide bonds. The minimum Gasteiger partial charge on any atom is -0.326 e. The average Bonchev–Trinajstić information content (AvgIpc) is 3.06. The van der Waals surface area contributed by atoms with Gasteiger partial charge >= 0.3 is 0 Å². The van der Waals surface area contributed by atoms with Crippen LogP contribution in [-0.4, -0.2) is 15.3 Å². The normalized spacial score (nSPS) is 17.3. The molecule has 3 nitrogen and oxygen atoms in total. The lowest BCUT2D eigenvalue weighted by Crippen LogP contribution is -2.24. The Morgan fingerprint density at radius 1 is 1.00 bits per heavy atom. The summed E-state index contributed by atoms with van der Waals surface area (Å²) in [6.07, 6.45) is 5.52. The summed E-state index contributed by atoms with van der Waals surface area (Å²) in [7, 11) is 0.